The Bertz CT molecular complexity index is 1210. The number of hydrogen-bond acceptors (Lipinski definition) is 26. The van der Waals surface area contributed by atoms with Crippen LogP contribution in [0.15, 0.2) is 0 Å². The molecule has 5 rings (SSSR count). The van der Waals surface area contributed by atoms with Crippen molar-refractivity contribution in [3.8, 4) is 0 Å². The van der Waals surface area contributed by atoms with Crippen molar-refractivity contribution in [1.29, 1.82) is 0 Å². The molecule has 26 heteroatoms. The van der Waals surface area contributed by atoms with Crippen LogP contribution in [0.4, 0.5) is 0 Å². The average molecular weight is 829 g/mol. The molecule has 0 radical (unpaired) electrons. The molecule has 0 bridgehead atoms. The van der Waals surface area contributed by atoms with Gasteiger partial charge in [0.25, 0.3) is 0 Å². The quantitative estimate of drug-likeness (QED) is 0.0819. The van der Waals surface area contributed by atoms with Gasteiger partial charge in [-0.3, -0.25) is 0 Å². The van der Waals surface area contributed by atoms with Crippen LogP contribution in [-0.4, -0.2) is 273 Å². The van der Waals surface area contributed by atoms with E-state index in [1.54, 1.807) is 0 Å². The van der Waals surface area contributed by atoms with Gasteiger partial charge < -0.3 is 129 Å². The third-order valence-electron chi connectivity index (χ3n) is 10.3. The van der Waals surface area contributed by atoms with Crippen LogP contribution in [0.2, 0.25) is 0 Å². The maximum atomic E-state index is 11.1. The van der Waals surface area contributed by atoms with Gasteiger partial charge in [-0.2, -0.15) is 0 Å². The maximum Gasteiger partial charge on any atom is 0.187 e. The van der Waals surface area contributed by atoms with Crippen molar-refractivity contribution in [3.63, 3.8) is 0 Å². The van der Waals surface area contributed by atoms with E-state index in [9.17, 15) is 86.8 Å². The van der Waals surface area contributed by atoms with Crippen molar-refractivity contribution < 1.29 is 129 Å². The molecule has 5 saturated heterocycles. The summed E-state index contributed by atoms with van der Waals surface area (Å²) in [7, 11) is 0. The van der Waals surface area contributed by atoms with Crippen molar-refractivity contribution in [1.82, 2.24) is 0 Å². The molecule has 5 aliphatic rings. The Morgan fingerprint density at radius 1 is 0.304 bits per heavy atom. The Kier molecular flexibility index (Phi) is 16.1. The average Bonchev–Trinajstić information content (AvgIpc) is 3.18. The molecule has 26 nitrogen and oxygen atoms in total. The summed E-state index contributed by atoms with van der Waals surface area (Å²) in [5.41, 5.74) is 0. The Hall–Kier alpha value is -1.04. The Morgan fingerprint density at radius 2 is 0.625 bits per heavy atom. The molecule has 0 aromatic carbocycles. The van der Waals surface area contributed by atoms with E-state index in [0.29, 0.717) is 0 Å². The first-order valence-corrected chi connectivity index (χ1v) is 17.6. The Labute approximate surface area is 316 Å². The van der Waals surface area contributed by atoms with Crippen LogP contribution in [-0.2, 0) is 42.6 Å². The van der Waals surface area contributed by atoms with Gasteiger partial charge in [0.1, 0.15) is 122 Å². The smallest absolute Gasteiger partial charge is 0.187 e. The van der Waals surface area contributed by atoms with Gasteiger partial charge in [-0.15, -0.1) is 0 Å². The van der Waals surface area contributed by atoms with Gasteiger partial charge in [0.15, 0.2) is 31.5 Å². The van der Waals surface area contributed by atoms with Crippen LogP contribution in [0.5, 0.6) is 0 Å². The fourth-order valence-electron chi connectivity index (χ4n) is 6.87. The van der Waals surface area contributed by atoms with Crippen molar-refractivity contribution in [2.75, 3.05) is 33.0 Å². The summed E-state index contributed by atoms with van der Waals surface area (Å²) in [6.45, 7) is -4.29. The molecule has 1 unspecified atom stereocenters. The summed E-state index contributed by atoms with van der Waals surface area (Å²) in [6, 6.07) is 0. The Balaban J connectivity index is 1.36. The SMILES string of the molecule is OC[C@H]1O[C@H](OC[C@H]2O[C@H](O[C@@H]3[C@@H](O[C@@H]4[C@@H](O[C@@H]5C(O)O[C@H](CO)[C@@H](O)[C@@H]5O)O[C@H](CO)[C@@H](O)[C@@H]4O)O[C@H](CO)[C@@H](O)[C@@H]3O)[C@@H](O)[C@@H](O)[C@@H]2O)[C@H](O)[C@@H](O)[C@@H]1O. The number of aliphatic hydroxyl groups is 17. The van der Waals surface area contributed by atoms with Gasteiger partial charge in [-0.1, -0.05) is 0 Å². The summed E-state index contributed by atoms with van der Waals surface area (Å²) < 4.78 is 49.6. The molecule has 0 spiro atoms. The van der Waals surface area contributed by atoms with Gasteiger partial charge >= 0.3 is 0 Å². The Morgan fingerprint density at radius 3 is 1.09 bits per heavy atom. The van der Waals surface area contributed by atoms with Crippen LogP contribution >= 0.6 is 0 Å². The van der Waals surface area contributed by atoms with Crippen LogP contribution in [0.1, 0.15) is 0 Å². The van der Waals surface area contributed by atoms with E-state index in [0.717, 1.165) is 0 Å². The van der Waals surface area contributed by atoms with E-state index in [2.05, 4.69) is 0 Å². The maximum absolute atomic E-state index is 11.1. The van der Waals surface area contributed by atoms with Crippen LogP contribution in [0.25, 0.3) is 0 Å². The van der Waals surface area contributed by atoms with Crippen molar-refractivity contribution in [2.45, 2.75) is 154 Å². The molecule has 5 heterocycles. The molecule has 0 aromatic heterocycles. The predicted molar refractivity (Wildman–Crippen MR) is 167 cm³/mol. The second-order valence-corrected chi connectivity index (χ2v) is 14.0. The highest BCUT2D eigenvalue weighted by molar-refractivity contribution is 4.98. The zero-order valence-electron chi connectivity index (χ0n) is 29.2. The fraction of sp³-hybridized carbons (Fsp3) is 1.00. The standard InChI is InChI=1S/C30H52O26/c31-1-6-12(36)18(42)23(26(47)49-6)54-29-25(20(44)14(38)8(3-33)51-29)56-30-24(19(43)13(37)9(4-34)52-30)55-28-22(46)17(41)15(39)10(53-28)5-48-27-21(45)16(40)11(35)7(2-32)50-27/h6-47H,1-5H2/t6-,7-,8-,9-,10-,11-,12-,13-,14-,15-,16+,17+,18+,19+,20+,21-,22+,23+,24+,25+,26?,27+,28-,29-,30-/m1/s1. The van der Waals surface area contributed by atoms with E-state index < -0.39 is 187 Å². The van der Waals surface area contributed by atoms with E-state index in [-0.39, 0.29) is 0 Å². The van der Waals surface area contributed by atoms with Crippen molar-refractivity contribution >= 4 is 0 Å². The van der Waals surface area contributed by atoms with E-state index in [1.807, 2.05) is 0 Å². The van der Waals surface area contributed by atoms with Gasteiger partial charge in [-0.05, 0) is 0 Å². The van der Waals surface area contributed by atoms with Gasteiger partial charge in [0.05, 0.1) is 33.0 Å². The third kappa shape index (κ3) is 9.31. The van der Waals surface area contributed by atoms with Gasteiger partial charge in [0, 0.05) is 0 Å². The van der Waals surface area contributed by atoms with E-state index in [4.69, 9.17) is 42.6 Å². The summed E-state index contributed by atoms with van der Waals surface area (Å²) in [4.78, 5) is 0. The van der Waals surface area contributed by atoms with E-state index in [1.165, 1.54) is 0 Å². The van der Waals surface area contributed by atoms with Crippen LogP contribution < -0.4 is 0 Å². The lowest BCUT2D eigenvalue weighted by molar-refractivity contribution is -0.405. The monoisotopic (exact) mass is 828 g/mol. The first kappa shape index (κ1) is 46.0. The molecule has 5 aliphatic heterocycles. The molecule has 17 N–H and O–H groups in total. The highest BCUT2D eigenvalue weighted by atomic mass is 16.8. The molecular formula is C30H52O26. The molecule has 25 atom stereocenters. The lowest BCUT2D eigenvalue weighted by Crippen LogP contribution is -2.68. The normalized spacial score (nSPS) is 53.2. The van der Waals surface area contributed by atoms with Gasteiger partial charge in [0.2, 0.25) is 0 Å². The minimum Gasteiger partial charge on any atom is -0.394 e. The first-order valence-electron chi connectivity index (χ1n) is 17.6. The summed E-state index contributed by atoms with van der Waals surface area (Å²) >= 11 is 0. The third-order valence-corrected chi connectivity index (χ3v) is 10.3. The molecular weight excluding hydrogens is 776 g/mol. The fourth-order valence-corrected chi connectivity index (χ4v) is 6.87. The molecule has 0 aliphatic carbocycles. The largest absolute Gasteiger partial charge is 0.394 e. The summed E-state index contributed by atoms with van der Waals surface area (Å²) in [5.74, 6) is 0. The highest BCUT2D eigenvalue weighted by Gasteiger charge is 2.56. The molecule has 328 valence electrons. The number of ether oxygens (including phenoxy) is 9. The lowest BCUT2D eigenvalue weighted by atomic mass is 9.96. The number of rotatable bonds is 13. The molecule has 0 saturated carbocycles. The minimum absolute atomic E-state index is 0.781. The van der Waals surface area contributed by atoms with Crippen molar-refractivity contribution in [2.24, 2.45) is 0 Å². The lowest BCUT2D eigenvalue weighted by Gasteiger charge is -2.49. The second-order valence-electron chi connectivity index (χ2n) is 14.0. The molecule has 56 heavy (non-hydrogen) atoms. The summed E-state index contributed by atoms with van der Waals surface area (Å²) in [5, 5.41) is 176. The van der Waals surface area contributed by atoms with Crippen molar-refractivity contribution in [3.05, 3.63) is 0 Å². The second kappa shape index (κ2) is 19.6. The topological polar surface area (TPSA) is 427 Å². The zero-order valence-corrected chi connectivity index (χ0v) is 29.2. The molecule has 0 amide bonds. The zero-order chi connectivity index (χ0) is 41.3. The molecule has 0 aromatic rings. The molecule has 5 fully saturated rings. The highest BCUT2D eigenvalue weighted by Crippen LogP contribution is 2.35. The van der Waals surface area contributed by atoms with Crippen LogP contribution in [0, 0.1) is 0 Å². The van der Waals surface area contributed by atoms with E-state index >= 15 is 0 Å². The number of hydrogen-bond donors (Lipinski definition) is 17. The minimum atomic E-state index is -2.13. The summed E-state index contributed by atoms with van der Waals surface area (Å²) in [6.07, 6.45) is -47.1. The first-order chi connectivity index (χ1) is 26.5. The number of aliphatic hydroxyl groups excluding tert-OH is 17. The van der Waals surface area contributed by atoms with Gasteiger partial charge in [-0.25, -0.2) is 0 Å². The van der Waals surface area contributed by atoms with Crippen LogP contribution in [0.3, 0.4) is 0 Å². The predicted octanol–water partition coefficient (Wildman–Crippen LogP) is -11.9.